The molecule has 206 valence electrons. The quantitative estimate of drug-likeness (QED) is 0.0683. The van der Waals surface area contributed by atoms with Crippen LogP contribution in [-0.2, 0) is 19.5 Å². The van der Waals surface area contributed by atoms with Crippen molar-refractivity contribution in [2.75, 3.05) is 11.5 Å². The van der Waals surface area contributed by atoms with Crippen LogP contribution in [0.25, 0.3) is 21.5 Å². The molecule has 0 aliphatic heterocycles. The van der Waals surface area contributed by atoms with Crippen LogP contribution in [0.4, 0.5) is 11.4 Å². The third-order valence-electron chi connectivity index (χ3n) is 6.86. The van der Waals surface area contributed by atoms with E-state index >= 15 is 0 Å². The van der Waals surface area contributed by atoms with Crippen LogP contribution in [0.3, 0.4) is 0 Å². The van der Waals surface area contributed by atoms with Crippen molar-refractivity contribution in [3.8, 4) is 11.5 Å². The Morgan fingerprint density at radius 1 is 0.488 bits per heavy atom. The molecular weight excluding hydrogens is 622 g/mol. The van der Waals surface area contributed by atoms with E-state index < -0.39 is 0 Å². The van der Waals surface area contributed by atoms with E-state index in [1.165, 1.54) is 0 Å². The third kappa shape index (κ3) is 7.19. The van der Waals surface area contributed by atoms with Crippen molar-refractivity contribution in [1.29, 1.82) is 0 Å². The molecule has 6 aromatic carbocycles. The zero-order chi connectivity index (χ0) is 28.7. The van der Waals surface area contributed by atoms with Crippen LogP contribution in [0.15, 0.2) is 141 Å². The molecule has 6 aromatic rings. The number of thioether (sulfide) groups is 2. The zero-order valence-corrected chi connectivity index (χ0v) is 28.0. The molecule has 0 aliphatic rings. The van der Waals surface area contributed by atoms with E-state index in [0.717, 1.165) is 54.2 Å². The first-order valence-corrected chi connectivity index (χ1v) is 15.5. The maximum absolute atomic E-state index is 12.6. The maximum Gasteiger partial charge on any atom is 2.00 e. The number of hydrogen-bond donors (Lipinski definition) is 0. The molecule has 0 saturated heterocycles. The molecule has 0 atom stereocenters. The van der Waals surface area contributed by atoms with Crippen LogP contribution in [0.1, 0.15) is 11.1 Å². The Kier molecular flexibility index (Phi) is 10.3. The summed E-state index contributed by atoms with van der Waals surface area (Å²) in [4.78, 5) is 11.6. The minimum Gasteiger partial charge on any atom is -0.872 e. The summed E-state index contributed by atoms with van der Waals surface area (Å²) in [5.74, 6) is 1.66. The third-order valence-corrected chi connectivity index (χ3v) is 9.24. The van der Waals surface area contributed by atoms with Crippen molar-refractivity contribution in [3.63, 3.8) is 0 Å². The van der Waals surface area contributed by atoms with Gasteiger partial charge in [-0.3, -0.25) is 9.98 Å². The molecule has 0 bridgehead atoms. The van der Waals surface area contributed by atoms with Gasteiger partial charge in [-0.2, -0.15) is 0 Å². The van der Waals surface area contributed by atoms with Gasteiger partial charge >= 0.3 is 19.5 Å². The van der Waals surface area contributed by atoms with Crippen LogP contribution in [0.2, 0.25) is 0 Å². The molecule has 0 fully saturated rings. The van der Waals surface area contributed by atoms with E-state index in [1.54, 1.807) is 48.1 Å². The summed E-state index contributed by atoms with van der Waals surface area (Å²) in [6, 6.07) is 38.7. The average molecular weight is 648 g/mol. The molecule has 0 unspecified atom stereocenters. The summed E-state index contributed by atoms with van der Waals surface area (Å²) in [6.45, 7) is 0. The van der Waals surface area contributed by atoms with Crippen LogP contribution in [0, 0.1) is 0 Å². The minimum absolute atomic E-state index is 0. The van der Waals surface area contributed by atoms with Crippen molar-refractivity contribution in [2.24, 2.45) is 9.98 Å². The van der Waals surface area contributed by atoms with Gasteiger partial charge in [-0.25, -0.2) is 0 Å². The summed E-state index contributed by atoms with van der Waals surface area (Å²) in [6.07, 6.45) is 3.38. The van der Waals surface area contributed by atoms with Gasteiger partial charge in [0.2, 0.25) is 0 Å². The Labute approximate surface area is 272 Å². The Morgan fingerprint density at radius 3 is 1.35 bits per heavy atom. The molecule has 0 saturated carbocycles. The molecule has 7 heteroatoms. The van der Waals surface area contributed by atoms with Gasteiger partial charge in [0.05, 0.1) is 11.4 Å². The first kappa shape index (κ1) is 30.6. The minimum atomic E-state index is -0.0350. The molecule has 0 aliphatic carbocycles. The summed E-state index contributed by atoms with van der Waals surface area (Å²) >= 11 is 3.47. The van der Waals surface area contributed by atoms with E-state index in [0.29, 0.717) is 11.1 Å². The number of rotatable bonds is 9. The standard InChI is InChI=1S/C36H28N2O2S2.Zn/c39-33-19-17-25-9-1-3-11-27(25)29(33)23-37-31-13-5-7-15-35(31)41-21-22-42-36-16-8-6-14-32(36)38-24-30-28-12-4-2-10-26(28)18-20-34(30)40;/h1-20,23-24,39-40H,21-22H2;/q;+2/p-2. The van der Waals surface area contributed by atoms with Gasteiger partial charge in [0.25, 0.3) is 0 Å². The van der Waals surface area contributed by atoms with Crippen LogP contribution in [0.5, 0.6) is 11.5 Å². The fraction of sp³-hybridized carbons (Fsp3) is 0.0556. The zero-order valence-electron chi connectivity index (χ0n) is 23.4. The number of aliphatic imine (C=N–C) groups is 2. The van der Waals surface area contributed by atoms with E-state index in [9.17, 15) is 10.2 Å². The SMILES string of the molecule is [O-]c1ccc2ccccc2c1C=Nc1ccccc1SCCSc1ccccc1N=Cc1c([O-])ccc2ccccc12.[Zn+2]. The predicted molar refractivity (Wildman–Crippen MR) is 176 cm³/mol. The fourth-order valence-electron chi connectivity index (χ4n) is 4.76. The summed E-state index contributed by atoms with van der Waals surface area (Å²) in [5, 5.41) is 29.0. The second-order valence-electron chi connectivity index (χ2n) is 9.55. The Balaban J connectivity index is 0.00000368. The maximum atomic E-state index is 12.6. The van der Waals surface area contributed by atoms with Crippen LogP contribution < -0.4 is 10.2 Å². The summed E-state index contributed by atoms with van der Waals surface area (Å²) < 4.78 is 0. The molecule has 0 amide bonds. The van der Waals surface area contributed by atoms with Crippen molar-refractivity contribution < 1.29 is 29.7 Å². The molecule has 0 radical (unpaired) electrons. The number of fused-ring (bicyclic) bond motifs is 2. The number of benzene rings is 6. The average Bonchev–Trinajstić information content (AvgIpc) is 3.03. The first-order valence-electron chi connectivity index (χ1n) is 13.6. The van der Waals surface area contributed by atoms with Crippen molar-refractivity contribution >= 4 is 68.9 Å². The van der Waals surface area contributed by atoms with E-state index in [4.69, 9.17) is 9.98 Å². The molecule has 43 heavy (non-hydrogen) atoms. The molecule has 0 spiro atoms. The molecule has 0 heterocycles. The Bertz CT molecular complexity index is 1800. The van der Waals surface area contributed by atoms with Crippen molar-refractivity contribution in [1.82, 2.24) is 0 Å². The number of para-hydroxylation sites is 2. The summed E-state index contributed by atoms with van der Waals surface area (Å²) in [7, 11) is 0. The van der Waals surface area contributed by atoms with Crippen molar-refractivity contribution in [3.05, 3.63) is 132 Å². The molecule has 6 rings (SSSR count). The van der Waals surface area contributed by atoms with E-state index in [-0.39, 0.29) is 31.0 Å². The molecule has 4 nitrogen and oxygen atoms in total. The van der Waals surface area contributed by atoms with Gasteiger partial charge in [-0.1, -0.05) is 109 Å². The monoisotopic (exact) mass is 646 g/mol. The first-order chi connectivity index (χ1) is 20.7. The van der Waals surface area contributed by atoms with Crippen LogP contribution in [-0.4, -0.2) is 23.9 Å². The van der Waals surface area contributed by atoms with Gasteiger partial charge in [0, 0.05) is 33.7 Å². The molecular formula is C36H26N2O2S2Zn. The molecule has 0 N–H and O–H groups in total. The second kappa shape index (κ2) is 14.5. The Morgan fingerprint density at radius 2 is 0.884 bits per heavy atom. The largest absolute Gasteiger partial charge is 2.00 e. The topological polar surface area (TPSA) is 70.8 Å². The smallest absolute Gasteiger partial charge is 0.872 e. The number of hydrogen-bond acceptors (Lipinski definition) is 6. The number of nitrogens with zero attached hydrogens (tertiary/aromatic N) is 2. The fourth-order valence-corrected chi connectivity index (χ4v) is 6.75. The van der Waals surface area contributed by atoms with Crippen molar-refractivity contribution in [2.45, 2.75) is 9.79 Å². The van der Waals surface area contributed by atoms with E-state index in [2.05, 4.69) is 12.1 Å². The van der Waals surface area contributed by atoms with Gasteiger partial charge in [0.15, 0.2) is 0 Å². The van der Waals surface area contributed by atoms with Crippen LogP contribution >= 0.6 is 23.5 Å². The van der Waals surface area contributed by atoms with Gasteiger partial charge in [0.1, 0.15) is 0 Å². The van der Waals surface area contributed by atoms with Gasteiger partial charge in [-0.15, -0.1) is 23.5 Å². The van der Waals surface area contributed by atoms with E-state index in [1.807, 2.05) is 97.1 Å². The van der Waals surface area contributed by atoms with Gasteiger partial charge in [-0.05, 0) is 56.9 Å². The molecule has 0 aromatic heterocycles. The predicted octanol–water partition coefficient (Wildman–Crippen LogP) is 8.52. The normalized spacial score (nSPS) is 11.4. The Hall–Kier alpha value is -3.90. The summed E-state index contributed by atoms with van der Waals surface area (Å²) in [5.41, 5.74) is 2.89. The second-order valence-corrected chi connectivity index (χ2v) is 11.8. The van der Waals surface area contributed by atoms with Gasteiger partial charge < -0.3 is 10.2 Å².